The predicted molar refractivity (Wildman–Crippen MR) is 86.9 cm³/mol. The Morgan fingerprint density at radius 1 is 1.38 bits per heavy atom. The lowest BCUT2D eigenvalue weighted by Crippen LogP contribution is -2.20. The Morgan fingerprint density at radius 3 is 2.81 bits per heavy atom. The van der Waals surface area contributed by atoms with Gasteiger partial charge in [-0.1, -0.05) is 11.6 Å². The van der Waals surface area contributed by atoms with Gasteiger partial charge in [0.25, 0.3) is 0 Å². The summed E-state index contributed by atoms with van der Waals surface area (Å²) in [7, 11) is 1.31. The summed E-state index contributed by atoms with van der Waals surface area (Å²) in [5.41, 5.74) is 1.08. The molecule has 2 N–H and O–H groups in total. The van der Waals surface area contributed by atoms with Crippen molar-refractivity contribution in [1.29, 1.82) is 0 Å². The highest BCUT2D eigenvalue weighted by Crippen LogP contribution is 2.24. The van der Waals surface area contributed by atoms with Crippen molar-refractivity contribution >= 4 is 57.6 Å². The fourth-order valence-electron chi connectivity index (χ4n) is 1.52. The Kier molecular flexibility index (Phi) is 5.11. The summed E-state index contributed by atoms with van der Waals surface area (Å²) in [6.07, 6.45) is 0. The minimum absolute atomic E-state index is 0.00594. The highest BCUT2D eigenvalue weighted by atomic mass is 35.5. The molecule has 0 radical (unpaired) electrons. The van der Waals surface area contributed by atoms with E-state index in [1.54, 1.807) is 11.4 Å². The number of hydrogen-bond acceptors (Lipinski definition) is 4. The van der Waals surface area contributed by atoms with E-state index in [1.807, 2.05) is 0 Å². The van der Waals surface area contributed by atoms with E-state index in [9.17, 15) is 9.18 Å². The van der Waals surface area contributed by atoms with E-state index in [1.165, 1.54) is 36.6 Å². The van der Waals surface area contributed by atoms with Gasteiger partial charge in [-0.3, -0.25) is 0 Å². The Morgan fingerprint density at radius 2 is 2.14 bits per heavy atom. The zero-order valence-electron chi connectivity index (χ0n) is 10.8. The second-order valence-corrected chi connectivity index (χ2v) is 5.59. The summed E-state index contributed by atoms with van der Waals surface area (Å²) in [6.45, 7) is 0. The molecule has 110 valence electrons. The summed E-state index contributed by atoms with van der Waals surface area (Å²) in [6, 6.07) is 5.87. The molecule has 4 nitrogen and oxygen atoms in total. The van der Waals surface area contributed by atoms with Crippen LogP contribution in [0.1, 0.15) is 9.67 Å². The Hall–Kier alpha value is -1.70. The van der Waals surface area contributed by atoms with Gasteiger partial charge in [0.2, 0.25) is 0 Å². The second-order valence-electron chi connectivity index (χ2n) is 3.86. The summed E-state index contributed by atoms with van der Waals surface area (Å²) in [5.74, 6) is -0.952. The van der Waals surface area contributed by atoms with Crippen molar-refractivity contribution in [3.63, 3.8) is 0 Å². The van der Waals surface area contributed by atoms with Crippen molar-refractivity contribution in [2.24, 2.45) is 0 Å². The van der Waals surface area contributed by atoms with Crippen LogP contribution in [0.3, 0.4) is 0 Å². The topological polar surface area (TPSA) is 50.4 Å². The second kappa shape index (κ2) is 6.84. The minimum atomic E-state index is -0.507. The van der Waals surface area contributed by atoms with Crippen LogP contribution in [0.2, 0.25) is 5.02 Å². The molecule has 0 bridgehead atoms. The lowest BCUT2D eigenvalue weighted by Gasteiger charge is -2.11. The maximum atomic E-state index is 13.1. The van der Waals surface area contributed by atoms with E-state index in [-0.39, 0.29) is 10.1 Å². The number of halogens is 2. The van der Waals surface area contributed by atoms with Crippen molar-refractivity contribution < 1.29 is 13.9 Å². The molecule has 0 saturated carbocycles. The molecule has 2 rings (SSSR count). The lowest BCUT2D eigenvalue weighted by atomic mass is 10.3. The zero-order chi connectivity index (χ0) is 15.4. The van der Waals surface area contributed by atoms with Crippen molar-refractivity contribution in [1.82, 2.24) is 0 Å². The van der Waals surface area contributed by atoms with E-state index >= 15 is 0 Å². The standard InChI is InChI=1S/C13H10ClFN2O2S2/c1-19-12(18)11-10(4-5-21-11)17-13(20)16-7-2-3-9(15)8(14)6-7/h2-6H,1H3,(H2,16,17,20). The number of esters is 1. The highest BCUT2D eigenvalue weighted by molar-refractivity contribution is 7.80. The molecule has 0 spiro atoms. The average Bonchev–Trinajstić information content (AvgIpc) is 2.90. The zero-order valence-corrected chi connectivity index (χ0v) is 13.2. The molecule has 21 heavy (non-hydrogen) atoms. The van der Waals surface area contributed by atoms with Gasteiger partial charge in [0, 0.05) is 5.69 Å². The maximum Gasteiger partial charge on any atom is 0.350 e. The molecular formula is C13H10ClFN2O2S2. The van der Waals surface area contributed by atoms with Gasteiger partial charge in [-0.25, -0.2) is 9.18 Å². The predicted octanol–water partition coefficient (Wildman–Crippen LogP) is 4.14. The molecule has 2 aromatic rings. The van der Waals surface area contributed by atoms with E-state index in [0.717, 1.165) is 0 Å². The van der Waals surface area contributed by atoms with Gasteiger partial charge in [0.05, 0.1) is 17.8 Å². The number of nitrogens with one attached hydrogen (secondary N) is 2. The van der Waals surface area contributed by atoms with Gasteiger partial charge in [0.1, 0.15) is 10.7 Å². The van der Waals surface area contributed by atoms with E-state index in [4.69, 9.17) is 23.8 Å². The van der Waals surface area contributed by atoms with Crippen molar-refractivity contribution in [2.45, 2.75) is 0 Å². The summed E-state index contributed by atoms with van der Waals surface area (Å²) >= 11 is 12.1. The summed E-state index contributed by atoms with van der Waals surface area (Å²) < 4.78 is 17.7. The Balaban J connectivity index is 2.07. The molecule has 1 aromatic carbocycles. The fraction of sp³-hybridized carbons (Fsp3) is 0.0769. The number of methoxy groups -OCH3 is 1. The molecule has 8 heteroatoms. The minimum Gasteiger partial charge on any atom is -0.465 e. The van der Waals surface area contributed by atoms with Crippen LogP contribution in [-0.4, -0.2) is 18.2 Å². The van der Waals surface area contributed by atoms with Gasteiger partial charge in [-0.05, 0) is 41.9 Å². The maximum absolute atomic E-state index is 13.1. The number of anilines is 2. The van der Waals surface area contributed by atoms with Gasteiger partial charge in [0.15, 0.2) is 5.11 Å². The van der Waals surface area contributed by atoms with E-state index in [2.05, 4.69) is 15.4 Å². The highest BCUT2D eigenvalue weighted by Gasteiger charge is 2.14. The average molecular weight is 345 g/mol. The number of thiocarbonyl (C=S) groups is 1. The van der Waals surface area contributed by atoms with Crippen molar-refractivity contribution in [3.8, 4) is 0 Å². The third kappa shape index (κ3) is 3.90. The summed E-state index contributed by atoms with van der Waals surface area (Å²) in [5, 5.41) is 7.72. The molecule has 0 aliphatic heterocycles. The van der Waals surface area contributed by atoms with Crippen LogP contribution in [0.25, 0.3) is 0 Å². The van der Waals surface area contributed by atoms with Crippen molar-refractivity contribution in [2.75, 3.05) is 17.7 Å². The molecule has 0 amide bonds. The normalized spacial score (nSPS) is 10.0. The monoisotopic (exact) mass is 344 g/mol. The summed E-state index contributed by atoms with van der Waals surface area (Å²) in [4.78, 5) is 12.0. The third-order valence-corrected chi connectivity index (χ3v) is 3.85. The molecule has 0 atom stereocenters. The van der Waals surface area contributed by atoms with Crippen molar-refractivity contribution in [3.05, 3.63) is 45.4 Å². The van der Waals surface area contributed by atoms with Crippen LogP contribution < -0.4 is 10.6 Å². The van der Waals surface area contributed by atoms with Crippen LogP contribution in [-0.2, 0) is 4.74 Å². The first-order valence-electron chi connectivity index (χ1n) is 5.70. The van der Waals surface area contributed by atoms with Gasteiger partial charge < -0.3 is 15.4 Å². The first kappa shape index (κ1) is 15.7. The molecule has 0 fully saturated rings. The first-order valence-corrected chi connectivity index (χ1v) is 7.36. The number of hydrogen-bond donors (Lipinski definition) is 2. The molecule has 0 unspecified atom stereocenters. The van der Waals surface area contributed by atoms with Crippen LogP contribution in [0, 0.1) is 5.82 Å². The lowest BCUT2D eigenvalue weighted by molar-refractivity contribution is 0.0607. The largest absolute Gasteiger partial charge is 0.465 e. The quantitative estimate of drug-likeness (QED) is 0.647. The molecule has 1 heterocycles. The molecule has 0 aliphatic carbocycles. The van der Waals surface area contributed by atoms with Gasteiger partial charge in [-0.15, -0.1) is 11.3 Å². The number of benzene rings is 1. The number of carbonyl (C=O) groups is 1. The van der Waals surface area contributed by atoms with Crippen LogP contribution in [0.4, 0.5) is 15.8 Å². The van der Waals surface area contributed by atoms with Crippen LogP contribution in [0.15, 0.2) is 29.6 Å². The molecule has 0 saturated heterocycles. The fourth-order valence-corrected chi connectivity index (χ4v) is 2.69. The third-order valence-electron chi connectivity index (χ3n) is 2.46. The van der Waals surface area contributed by atoms with Crippen LogP contribution >= 0.6 is 35.2 Å². The molecule has 0 aliphatic rings. The van der Waals surface area contributed by atoms with Crippen LogP contribution in [0.5, 0.6) is 0 Å². The number of ether oxygens (including phenoxy) is 1. The number of rotatable bonds is 3. The van der Waals surface area contributed by atoms with Gasteiger partial charge in [-0.2, -0.15) is 0 Å². The SMILES string of the molecule is COC(=O)c1sccc1NC(=S)Nc1ccc(F)c(Cl)c1. The molecular weight excluding hydrogens is 335 g/mol. The van der Waals surface area contributed by atoms with E-state index < -0.39 is 11.8 Å². The Labute approximate surface area is 134 Å². The number of carbonyl (C=O) groups excluding carboxylic acids is 1. The molecule has 1 aromatic heterocycles. The smallest absolute Gasteiger partial charge is 0.350 e. The van der Waals surface area contributed by atoms with E-state index in [0.29, 0.717) is 16.3 Å². The first-order chi connectivity index (χ1) is 10.0. The number of thiophene rings is 1. The van der Waals surface area contributed by atoms with Gasteiger partial charge >= 0.3 is 5.97 Å². The Bertz CT molecular complexity index is 691.